The third kappa shape index (κ3) is 4.92. The van der Waals surface area contributed by atoms with Crippen LogP contribution in [0.3, 0.4) is 0 Å². The maximum atomic E-state index is 13.2. The summed E-state index contributed by atoms with van der Waals surface area (Å²) in [5, 5.41) is 1.10. The molecule has 1 aromatic heterocycles. The average molecular weight is 435 g/mol. The van der Waals surface area contributed by atoms with Gasteiger partial charge in [0, 0.05) is 17.0 Å². The van der Waals surface area contributed by atoms with Crippen molar-refractivity contribution in [3.8, 4) is 22.8 Å². The highest BCUT2D eigenvalue weighted by atomic mass is 35.5. The van der Waals surface area contributed by atoms with Crippen molar-refractivity contribution < 1.29 is 13.9 Å². The van der Waals surface area contributed by atoms with Crippen molar-refractivity contribution in [2.24, 2.45) is 0 Å². The molecule has 31 heavy (non-hydrogen) atoms. The Morgan fingerprint density at radius 1 is 0.839 bits per heavy atom. The first-order valence-corrected chi connectivity index (χ1v) is 10.5. The zero-order chi connectivity index (χ0) is 21.8. The fraction of sp³-hybridized carbons (Fsp3) is 0.192. The van der Waals surface area contributed by atoms with Gasteiger partial charge in [0.2, 0.25) is 11.2 Å². The van der Waals surface area contributed by atoms with E-state index in [-0.39, 0.29) is 11.2 Å². The van der Waals surface area contributed by atoms with Crippen molar-refractivity contribution in [2.45, 2.75) is 20.3 Å². The van der Waals surface area contributed by atoms with E-state index < -0.39 is 0 Å². The molecule has 0 saturated heterocycles. The molecule has 0 fully saturated rings. The monoisotopic (exact) mass is 434 g/mol. The fourth-order valence-corrected chi connectivity index (χ4v) is 3.39. The normalized spacial score (nSPS) is 10.9. The Morgan fingerprint density at radius 3 is 2.26 bits per heavy atom. The number of aryl methyl sites for hydroxylation is 2. The number of benzene rings is 3. The minimum atomic E-state index is -0.189. The van der Waals surface area contributed by atoms with Gasteiger partial charge in [-0.15, -0.1) is 0 Å². The molecule has 0 atom stereocenters. The molecule has 0 amide bonds. The van der Waals surface area contributed by atoms with Crippen LogP contribution in [0, 0.1) is 13.8 Å². The maximum Gasteiger partial charge on any atom is 0.235 e. The van der Waals surface area contributed by atoms with Gasteiger partial charge in [-0.25, -0.2) is 0 Å². The molecule has 5 heteroatoms. The molecule has 0 aliphatic rings. The second kappa shape index (κ2) is 9.27. The summed E-state index contributed by atoms with van der Waals surface area (Å²) in [4.78, 5) is 13.2. The van der Waals surface area contributed by atoms with E-state index >= 15 is 0 Å². The zero-order valence-electron chi connectivity index (χ0n) is 17.5. The summed E-state index contributed by atoms with van der Waals surface area (Å²) in [6.07, 6.45) is 0.624. The molecule has 4 nitrogen and oxygen atoms in total. The van der Waals surface area contributed by atoms with Crippen molar-refractivity contribution >= 4 is 22.6 Å². The predicted molar refractivity (Wildman–Crippen MR) is 124 cm³/mol. The molecule has 158 valence electrons. The molecule has 0 bridgehead atoms. The molecule has 0 aliphatic heterocycles. The lowest BCUT2D eigenvalue weighted by atomic mass is 10.1. The van der Waals surface area contributed by atoms with Crippen LogP contribution in [0.1, 0.15) is 17.5 Å². The Kier molecular flexibility index (Phi) is 6.28. The number of hydrogen-bond donors (Lipinski definition) is 0. The molecule has 4 rings (SSSR count). The van der Waals surface area contributed by atoms with Crippen LogP contribution >= 0.6 is 11.6 Å². The molecule has 0 N–H and O–H groups in total. The van der Waals surface area contributed by atoms with Gasteiger partial charge in [-0.1, -0.05) is 35.4 Å². The number of fused-ring (bicyclic) bond motifs is 1. The lowest BCUT2D eigenvalue weighted by molar-refractivity contribution is 0.244. The average Bonchev–Trinajstić information content (AvgIpc) is 2.76. The summed E-state index contributed by atoms with van der Waals surface area (Å²) in [6, 6.07) is 20.6. The second-order valence-corrected chi connectivity index (χ2v) is 7.90. The molecule has 1 heterocycles. The summed E-state index contributed by atoms with van der Waals surface area (Å²) < 4.78 is 17.8. The lowest BCUT2D eigenvalue weighted by Gasteiger charge is -2.12. The van der Waals surface area contributed by atoms with Crippen LogP contribution in [-0.2, 0) is 0 Å². The number of ether oxygens (including phenoxy) is 2. The van der Waals surface area contributed by atoms with E-state index in [9.17, 15) is 4.79 Å². The maximum absolute atomic E-state index is 13.2. The van der Waals surface area contributed by atoms with Crippen LogP contribution in [0.2, 0.25) is 5.02 Å². The van der Waals surface area contributed by atoms with Crippen molar-refractivity contribution in [3.05, 3.63) is 93.1 Å². The van der Waals surface area contributed by atoms with Gasteiger partial charge in [-0.2, -0.15) is 0 Å². The molecule has 3 aromatic carbocycles. The van der Waals surface area contributed by atoms with Gasteiger partial charge in [0.05, 0.1) is 18.6 Å². The van der Waals surface area contributed by atoms with E-state index in [1.165, 1.54) is 5.56 Å². The van der Waals surface area contributed by atoms with Crippen molar-refractivity contribution in [1.29, 1.82) is 0 Å². The van der Waals surface area contributed by atoms with Gasteiger partial charge < -0.3 is 13.9 Å². The number of hydrogen-bond acceptors (Lipinski definition) is 4. The highest BCUT2D eigenvalue weighted by Gasteiger charge is 2.18. The number of halogens is 1. The van der Waals surface area contributed by atoms with E-state index in [1.54, 1.807) is 18.2 Å². The van der Waals surface area contributed by atoms with Crippen LogP contribution < -0.4 is 14.9 Å². The molecular formula is C26H23ClO4. The molecule has 0 spiro atoms. The number of rotatable bonds is 7. The standard InChI is InChI=1S/C26H23ClO4/c1-17-4-11-21(12-5-17)29-14-3-15-30-26-24(28)22-13-6-18(2)16-23(22)31-25(26)19-7-9-20(27)10-8-19/h4-13,16H,3,14-15H2,1-2H3. The molecule has 0 radical (unpaired) electrons. The Hall–Kier alpha value is -3.24. The van der Waals surface area contributed by atoms with Gasteiger partial charge >= 0.3 is 0 Å². The topological polar surface area (TPSA) is 48.7 Å². The predicted octanol–water partition coefficient (Wildman–Crippen LogP) is 6.58. The Bertz CT molecular complexity index is 1240. The molecule has 0 unspecified atom stereocenters. The summed E-state index contributed by atoms with van der Waals surface area (Å²) in [5.41, 5.74) is 3.27. The van der Waals surface area contributed by atoms with E-state index in [0.29, 0.717) is 41.4 Å². The van der Waals surface area contributed by atoms with Crippen molar-refractivity contribution in [3.63, 3.8) is 0 Å². The van der Waals surface area contributed by atoms with Crippen LogP contribution in [0.5, 0.6) is 11.5 Å². The van der Waals surface area contributed by atoms with Crippen LogP contribution in [0.15, 0.2) is 75.9 Å². The fourth-order valence-electron chi connectivity index (χ4n) is 3.26. The minimum Gasteiger partial charge on any atom is -0.493 e. The highest BCUT2D eigenvalue weighted by molar-refractivity contribution is 6.30. The third-order valence-electron chi connectivity index (χ3n) is 4.94. The first-order chi connectivity index (χ1) is 15.0. The molecule has 4 aromatic rings. The van der Waals surface area contributed by atoms with Crippen molar-refractivity contribution in [2.75, 3.05) is 13.2 Å². The summed E-state index contributed by atoms with van der Waals surface area (Å²) in [6.45, 7) is 4.80. The smallest absolute Gasteiger partial charge is 0.235 e. The Labute approximate surface area is 186 Å². The quantitative estimate of drug-likeness (QED) is 0.308. The first kappa shape index (κ1) is 21.0. The van der Waals surface area contributed by atoms with E-state index in [2.05, 4.69) is 0 Å². The van der Waals surface area contributed by atoms with E-state index in [0.717, 1.165) is 16.9 Å². The van der Waals surface area contributed by atoms with Crippen LogP contribution in [-0.4, -0.2) is 13.2 Å². The van der Waals surface area contributed by atoms with E-state index in [1.807, 2.05) is 62.4 Å². The second-order valence-electron chi connectivity index (χ2n) is 7.46. The highest BCUT2D eigenvalue weighted by Crippen LogP contribution is 2.32. The lowest BCUT2D eigenvalue weighted by Crippen LogP contribution is -2.13. The van der Waals surface area contributed by atoms with E-state index in [4.69, 9.17) is 25.5 Å². The Balaban J connectivity index is 1.56. The molecular weight excluding hydrogens is 412 g/mol. The summed E-state index contributed by atoms with van der Waals surface area (Å²) in [5.74, 6) is 1.42. The van der Waals surface area contributed by atoms with Gasteiger partial charge in [0.25, 0.3) is 0 Å². The van der Waals surface area contributed by atoms with Gasteiger partial charge in [0.1, 0.15) is 11.3 Å². The van der Waals surface area contributed by atoms with Gasteiger partial charge in [0.15, 0.2) is 5.76 Å². The van der Waals surface area contributed by atoms with Crippen LogP contribution in [0.25, 0.3) is 22.3 Å². The SMILES string of the molecule is Cc1ccc(OCCCOc2c(-c3ccc(Cl)cc3)oc3cc(C)ccc3c2=O)cc1. The minimum absolute atomic E-state index is 0.189. The van der Waals surface area contributed by atoms with Crippen molar-refractivity contribution in [1.82, 2.24) is 0 Å². The largest absolute Gasteiger partial charge is 0.493 e. The third-order valence-corrected chi connectivity index (χ3v) is 5.19. The Morgan fingerprint density at radius 2 is 1.52 bits per heavy atom. The zero-order valence-corrected chi connectivity index (χ0v) is 18.2. The van der Waals surface area contributed by atoms with Gasteiger partial charge in [-0.3, -0.25) is 4.79 Å². The molecule has 0 aliphatic carbocycles. The first-order valence-electron chi connectivity index (χ1n) is 10.2. The summed E-state index contributed by atoms with van der Waals surface area (Å²) in [7, 11) is 0. The molecule has 0 saturated carbocycles. The van der Waals surface area contributed by atoms with Gasteiger partial charge in [-0.05, 0) is 67.9 Å². The summed E-state index contributed by atoms with van der Waals surface area (Å²) >= 11 is 6.03. The van der Waals surface area contributed by atoms with Crippen LogP contribution in [0.4, 0.5) is 0 Å².